The third-order valence-corrected chi connectivity index (χ3v) is 8.19. The number of aliphatic hydroxyl groups excluding tert-OH is 1. The minimum atomic E-state index is -0.927. The molecule has 1 aromatic heterocycles. The van der Waals surface area contributed by atoms with E-state index in [1.807, 2.05) is 90.2 Å². The van der Waals surface area contributed by atoms with Crippen molar-refractivity contribution in [3.63, 3.8) is 0 Å². The van der Waals surface area contributed by atoms with Crippen molar-refractivity contribution in [1.29, 1.82) is 0 Å². The second kappa shape index (κ2) is 12.1. The molecule has 208 valence electrons. The van der Waals surface area contributed by atoms with Crippen LogP contribution in [0.25, 0.3) is 0 Å². The number of amides is 1. The fraction of sp³-hybridized carbons (Fsp3) is 0.333. The summed E-state index contributed by atoms with van der Waals surface area (Å²) in [5.74, 6) is 0.306. The maximum absolute atomic E-state index is 13.7. The molecule has 0 aliphatic carbocycles. The van der Waals surface area contributed by atoms with Crippen LogP contribution in [0, 0.1) is 13.8 Å². The first-order valence-electron chi connectivity index (χ1n) is 14.0. The lowest BCUT2D eigenvalue weighted by Gasteiger charge is -2.53. The normalized spacial score (nSPS) is 20.0. The van der Waals surface area contributed by atoms with Crippen LogP contribution in [0.15, 0.2) is 91.5 Å². The van der Waals surface area contributed by atoms with Gasteiger partial charge in [0.05, 0.1) is 17.8 Å². The fourth-order valence-electron chi connectivity index (χ4n) is 6.20. The van der Waals surface area contributed by atoms with E-state index in [2.05, 4.69) is 22.4 Å². The number of benzene rings is 3. The zero-order chi connectivity index (χ0) is 28.1. The summed E-state index contributed by atoms with van der Waals surface area (Å²) in [6, 6.07) is 23.5. The predicted molar refractivity (Wildman–Crippen MR) is 156 cm³/mol. The molecule has 0 saturated carbocycles. The molecule has 1 amide bonds. The second-order valence-electron chi connectivity index (χ2n) is 10.8. The van der Waals surface area contributed by atoms with Gasteiger partial charge in [-0.05, 0) is 61.1 Å². The highest BCUT2D eigenvalue weighted by atomic mass is 16.3. The van der Waals surface area contributed by atoms with Crippen molar-refractivity contribution >= 4 is 5.91 Å². The number of phenolic OH excluding ortho intramolecular Hbond substituents is 1. The van der Waals surface area contributed by atoms with Crippen LogP contribution in [0.1, 0.15) is 53.1 Å². The van der Waals surface area contributed by atoms with Gasteiger partial charge in [-0.15, -0.1) is 0 Å². The van der Waals surface area contributed by atoms with Crippen molar-refractivity contribution in [2.24, 2.45) is 0 Å². The monoisotopic (exact) mass is 538 g/mol. The molecule has 5 rings (SSSR count). The molecule has 3 unspecified atom stereocenters. The van der Waals surface area contributed by atoms with Crippen molar-refractivity contribution in [3.05, 3.63) is 119 Å². The number of hydrogen-bond donors (Lipinski definition) is 3. The Morgan fingerprint density at radius 3 is 2.38 bits per heavy atom. The number of hydrogen-bond acceptors (Lipinski definition) is 5. The molecular weight excluding hydrogens is 500 g/mol. The van der Waals surface area contributed by atoms with Crippen LogP contribution < -0.4 is 5.32 Å². The minimum absolute atomic E-state index is 0.0519. The maximum Gasteiger partial charge on any atom is 0.223 e. The van der Waals surface area contributed by atoms with Gasteiger partial charge in [-0.1, -0.05) is 72.8 Å². The highest BCUT2D eigenvalue weighted by molar-refractivity contribution is 5.79. The number of rotatable bonds is 10. The van der Waals surface area contributed by atoms with Gasteiger partial charge in [0.15, 0.2) is 0 Å². The van der Waals surface area contributed by atoms with E-state index in [0.29, 0.717) is 25.9 Å². The summed E-state index contributed by atoms with van der Waals surface area (Å²) in [6.07, 6.45) is 6.18. The molecule has 1 fully saturated rings. The Labute approximate surface area is 236 Å². The fourth-order valence-corrected chi connectivity index (χ4v) is 6.20. The molecule has 0 bridgehead atoms. The van der Waals surface area contributed by atoms with E-state index in [1.54, 1.807) is 12.5 Å². The summed E-state index contributed by atoms with van der Waals surface area (Å²) in [6.45, 7) is 5.57. The predicted octanol–water partition coefficient (Wildman–Crippen LogP) is 5.01. The van der Waals surface area contributed by atoms with Crippen molar-refractivity contribution in [2.45, 2.75) is 63.9 Å². The Morgan fingerprint density at radius 2 is 1.73 bits per heavy atom. The second-order valence-corrected chi connectivity index (χ2v) is 10.8. The van der Waals surface area contributed by atoms with E-state index in [4.69, 9.17) is 0 Å². The number of nitrogens with zero attached hydrogens (tertiary/aromatic N) is 3. The van der Waals surface area contributed by atoms with Gasteiger partial charge >= 0.3 is 0 Å². The number of aliphatic hydroxyl groups is 1. The molecule has 1 aliphatic rings. The molecule has 4 aromatic rings. The summed E-state index contributed by atoms with van der Waals surface area (Å²) in [5.41, 5.74) is 3.58. The zero-order valence-electron chi connectivity index (χ0n) is 23.2. The number of aromatic nitrogens is 2. The highest BCUT2D eigenvalue weighted by Crippen LogP contribution is 2.51. The first-order valence-corrected chi connectivity index (χ1v) is 14.0. The van der Waals surface area contributed by atoms with Gasteiger partial charge in [-0.3, -0.25) is 10.1 Å². The molecule has 3 aromatic carbocycles. The van der Waals surface area contributed by atoms with Gasteiger partial charge in [-0.2, -0.15) is 0 Å². The van der Waals surface area contributed by atoms with E-state index < -0.39 is 17.7 Å². The van der Waals surface area contributed by atoms with Crippen LogP contribution in [0.4, 0.5) is 0 Å². The Morgan fingerprint density at radius 1 is 1.05 bits per heavy atom. The average Bonchev–Trinajstić information content (AvgIpc) is 3.49. The smallest absolute Gasteiger partial charge is 0.223 e. The van der Waals surface area contributed by atoms with Crippen LogP contribution in [-0.2, 0) is 23.3 Å². The lowest BCUT2D eigenvalue weighted by Crippen LogP contribution is -2.60. The third kappa shape index (κ3) is 5.53. The van der Waals surface area contributed by atoms with Gasteiger partial charge in [0, 0.05) is 31.9 Å². The van der Waals surface area contributed by atoms with E-state index in [9.17, 15) is 15.0 Å². The van der Waals surface area contributed by atoms with Gasteiger partial charge in [0.2, 0.25) is 5.91 Å². The molecule has 1 saturated heterocycles. The summed E-state index contributed by atoms with van der Waals surface area (Å²) in [5, 5.41) is 26.2. The summed E-state index contributed by atoms with van der Waals surface area (Å²) in [4.78, 5) is 19.8. The third-order valence-electron chi connectivity index (χ3n) is 8.19. The number of piperidine rings is 1. The van der Waals surface area contributed by atoms with E-state index in [1.165, 1.54) is 0 Å². The molecule has 7 heteroatoms. The first-order chi connectivity index (χ1) is 19.4. The van der Waals surface area contributed by atoms with Gasteiger partial charge < -0.3 is 19.7 Å². The van der Waals surface area contributed by atoms with E-state index in [-0.39, 0.29) is 11.7 Å². The number of aromatic hydroxyl groups is 1. The molecule has 3 atom stereocenters. The SMILES string of the molecule is Cc1cc(C2N(Cc3ccccc3)C(=O)CCC2(c2ccccc2)C(O)NCCCn2ccnc2)cc(C)c1O. The zero-order valence-corrected chi connectivity index (χ0v) is 23.2. The highest BCUT2D eigenvalue weighted by Gasteiger charge is 2.53. The Balaban J connectivity index is 1.59. The van der Waals surface area contributed by atoms with Crippen molar-refractivity contribution in [3.8, 4) is 5.75 Å². The lowest BCUT2D eigenvalue weighted by atomic mass is 9.64. The van der Waals surface area contributed by atoms with Crippen molar-refractivity contribution in [2.75, 3.05) is 6.54 Å². The Bertz CT molecular complexity index is 1390. The number of phenols is 1. The molecule has 0 radical (unpaired) electrons. The molecule has 1 aliphatic heterocycles. The summed E-state index contributed by atoms with van der Waals surface area (Å²) < 4.78 is 2.02. The number of aryl methyl sites for hydroxylation is 3. The topological polar surface area (TPSA) is 90.6 Å². The molecular formula is C33H38N4O3. The number of likely N-dealkylation sites (tertiary alicyclic amines) is 1. The van der Waals surface area contributed by atoms with Crippen LogP contribution >= 0.6 is 0 Å². The quantitative estimate of drug-likeness (QED) is 0.195. The first kappa shape index (κ1) is 27.6. The molecule has 40 heavy (non-hydrogen) atoms. The van der Waals surface area contributed by atoms with Crippen LogP contribution in [0.5, 0.6) is 5.75 Å². The number of imidazole rings is 1. The average molecular weight is 539 g/mol. The van der Waals surface area contributed by atoms with E-state index in [0.717, 1.165) is 40.8 Å². The molecule has 2 heterocycles. The molecule has 7 nitrogen and oxygen atoms in total. The van der Waals surface area contributed by atoms with E-state index >= 15 is 0 Å². The summed E-state index contributed by atoms with van der Waals surface area (Å²) in [7, 11) is 0. The van der Waals surface area contributed by atoms with Gasteiger partial charge in [0.1, 0.15) is 12.0 Å². The lowest BCUT2D eigenvalue weighted by molar-refractivity contribution is -0.146. The Hall–Kier alpha value is -3.94. The summed E-state index contributed by atoms with van der Waals surface area (Å²) >= 11 is 0. The van der Waals surface area contributed by atoms with Crippen molar-refractivity contribution in [1.82, 2.24) is 19.8 Å². The van der Waals surface area contributed by atoms with Crippen molar-refractivity contribution < 1.29 is 15.0 Å². The Kier molecular flexibility index (Phi) is 8.33. The van der Waals surface area contributed by atoms with Crippen LogP contribution in [0.3, 0.4) is 0 Å². The largest absolute Gasteiger partial charge is 0.507 e. The minimum Gasteiger partial charge on any atom is -0.507 e. The maximum atomic E-state index is 13.7. The number of carbonyl (C=O) groups excluding carboxylic acids is 1. The van der Waals surface area contributed by atoms with Gasteiger partial charge in [-0.25, -0.2) is 4.98 Å². The van der Waals surface area contributed by atoms with Gasteiger partial charge in [0.25, 0.3) is 0 Å². The standard InChI is InChI=1S/C33H38N4O3/c1-24-20-27(21-25(2)30(24)39)31-33(28-12-7-4-8-13-28,32(40)35-16-9-18-36-19-17-34-23-36)15-14-29(38)37(31)22-26-10-5-3-6-11-26/h3-8,10-13,17,19-21,23,31-32,35,39-40H,9,14-16,18,22H2,1-2H3. The van der Waals surface area contributed by atoms with Crippen LogP contribution in [-0.4, -0.2) is 43.3 Å². The number of carbonyl (C=O) groups is 1. The van der Waals surface area contributed by atoms with Crippen LogP contribution in [0.2, 0.25) is 0 Å². The molecule has 3 N–H and O–H groups in total. The number of nitrogens with one attached hydrogen (secondary N) is 1. The molecule has 0 spiro atoms.